The van der Waals surface area contributed by atoms with E-state index in [4.69, 9.17) is 9.84 Å². The van der Waals surface area contributed by atoms with Crippen molar-refractivity contribution in [2.24, 2.45) is 0 Å². The van der Waals surface area contributed by atoms with E-state index in [2.05, 4.69) is 29.4 Å². The summed E-state index contributed by atoms with van der Waals surface area (Å²) in [5, 5.41) is 10.7. The van der Waals surface area contributed by atoms with Gasteiger partial charge in [-0.1, -0.05) is 17.9 Å². The summed E-state index contributed by atoms with van der Waals surface area (Å²) < 4.78 is 6.97. The van der Waals surface area contributed by atoms with Crippen molar-refractivity contribution in [3.05, 3.63) is 47.3 Å². The monoisotopic (exact) mass is 290 g/mol. The molecule has 0 bridgehead atoms. The molecule has 1 aromatic heterocycles. The fourth-order valence-corrected chi connectivity index (χ4v) is 3.10. The maximum Gasteiger partial charge on any atom is 0.119 e. The van der Waals surface area contributed by atoms with E-state index in [0.29, 0.717) is 6.61 Å². The third-order valence-electron chi connectivity index (χ3n) is 2.26. The molecule has 0 atom stereocenters. The highest BCUT2D eigenvalue weighted by atomic mass is 32.2. The second kappa shape index (κ2) is 7.90. The lowest BCUT2D eigenvalue weighted by Crippen LogP contribution is -1.99. The van der Waals surface area contributed by atoms with Crippen LogP contribution in [0.2, 0.25) is 0 Å². The van der Waals surface area contributed by atoms with E-state index in [1.807, 2.05) is 24.3 Å². The van der Waals surface area contributed by atoms with E-state index < -0.39 is 0 Å². The Morgan fingerprint density at radius 3 is 2.74 bits per heavy atom. The molecule has 2 rings (SSSR count). The molecule has 2 aromatic rings. The van der Waals surface area contributed by atoms with Crippen LogP contribution in [-0.2, 0) is 0 Å². The van der Waals surface area contributed by atoms with Gasteiger partial charge in [-0.2, -0.15) is 0 Å². The Morgan fingerprint density at radius 2 is 2.05 bits per heavy atom. The minimum Gasteiger partial charge on any atom is -0.493 e. The first-order valence-corrected chi connectivity index (χ1v) is 7.74. The van der Waals surface area contributed by atoms with Gasteiger partial charge in [-0.15, -0.1) is 23.1 Å². The maximum atomic E-state index is 8.60. The topological polar surface area (TPSA) is 29.5 Å². The highest BCUT2D eigenvalue weighted by Crippen LogP contribution is 2.23. The molecule has 0 saturated heterocycles. The van der Waals surface area contributed by atoms with Gasteiger partial charge in [0.15, 0.2) is 0 Å². The van der Waals surface area contributed by atoms with Crippen LogP contribution in [0, 0.1) is 11.8 Å². The van der Waals surface area contributed by atoms with Crippen molar-refractivity contribution in [3.63, 3.8) is 0 Å². The van der Waals surface area contributed by atoms with Gasteiger partial charge in [0.2, 0.25) is 0 Å². The maximum absolute atomic E-state index is 8.60. The Kier molecular flexibility index (Phi) is 5.83. The van der Waals surface area contributed by atoms with Crippen molar-refractivity contribution >= 4 is 23.1 Å². The lowest BCUT2D eigenvalue weighted by molar-refractivity contribution is 0.344. The molecule has 1 N–H and O–H groups in total. The summed E-state index contributed by atoms with van der Waals surface area (Å²) in [5.74, 6) is 7.25. The number of ether oxygens (including phenoxy) is 1. The van der Waals surface area contributed by atoms with Gasteiger partial charge in [0.05, 0.1) is 10.8 Å². The summed E-state index contributed by atoms with van der Waals surface area (Å²) in [6.45, 7) is 0.572. The molecular weight excluding hydrogens is 276 g/mol. The lowest BCUT2D eigenvalue weighted by Gasteiger charge is -2.05. The third kappa shape index (κ3) is 4.99. The Hall–Kier alpha value is -1.41. The molecule has 1 heterocycles. The van der Waals surface area contributed by atoms with Gasteiger partial charge in [-0.05, 0) is 35.7 Å². The number of hydrogen-bond acceptors (Lipinski definition) is 4. The van der Waals surface area contributed by atoms with E-state index in [1.54, 1.807) is 23.1 Å². The van der Waals surface area contributed by atoms with Crippen LogP contribution >= 0.6 is 23.1 Å². The minimum atomic E-state index is -0.113. The summed E-state index contributed by atoms with van der Waals surface area (Å²) in [4.78, 5) is 0. The summed E-state index contributed by atoms with van der Waals surface area (Å²) in [5.41, 5.74) is 0.884. The van der Waals surface area contributed by atoms with Crippen molar-refractivity contribution in [1.82, 2.24) is 0 Å². The average molecular weight is 290 g/mol. The lowest BCUT2D eigenvalue weighted by atomic mass is 10.2. The van der Waals surface area contributed by atoms with Crippen molar-refractivity contribution in [2.45, 2.75) is 4.21 Å². The van der Waals surface area contributed by atoms with Crippen LogP contribution in [-0.4, -0.2) is 24.1 Å². The van der Waals surface area contributed by atoms with Gasteiger partial charge in [0.1, 0.15) is 12.4 Å². The molecule has 0 amide bonds. The molecule has 0 aliphatic carbocycles. The third-order valence-corrected chi connectivity index (χ3v) is 4.35. The fourth-order valence-electron chi connectivity index (χ4n) is 1.42. The van der Waals surface area contributed by atoms with E-state index in [9.17, 15) is 0 Å². The number of rotatable bonds is 5. The molecule has 2 nitrogen and oxygen atoms in total. The first-order chi connectivity index (χ1) is 9.38. The van der Waals surface area contributed by atoms with Crippen LogP contribution in [0.4, 0.5) is 0 Å². The van der Waals surface area contributed by atoms with Gasteiger partial charge in [-0.3, -0.25) is 0 Å². The molecule has 4 heteroatoms. The molecule has 0 saturated carbocycles. The van der Waals surface area contributed by atoms with Crippen LogP contribution in [0.25, 0.3) is 0 Å². The van der Waals surface area contributed by atoms with Gasteiger partial charge in [0.25, 0.3) is 0 Å². The molecule has 0 radical (unpaired) electrons. The quantitative estimate of drug-likeness (QED) is 0.521. The van der Waals surface area contributed by atoms with Gasteiger partial charge in [-0.25, -0.2) is 0 Å². The Labute approximate surface area is 121 Å². The fraction of sp³-hybridized carbons (Fsp3) is 0.200. The number of aliphatic hydroxyl groups excluding tert-OH is 1. The normalized spacial score (nSPS) is 9.74. The predicted octanol–water partition coefficient (Wildman–Crippen LogP) is 3.26. The van der Waals surface area contributed by atoms with Crippen LogP contribution in [0.1, 0.15) is 5.56 Å². The van der Waals surface area contributed by atoms with Crippen molar-refractivity contribution < 1.29 is 9.84 Å². The Bertz CT molecular complexity index is 536. The zero-order valence-electron chi connectivity index (χ0n) is 10.3. The molecule has 1 aromatic carbocycles. The average Bonchev–Trinajstić information content (AvgIpc) is 2.96. The largest absolute Gasteiger partial charge is 0.493 e. The van der Waals surface area contributed by atoms with Crippen LogP contribution < -0.4 is 4.74 Å². The Morgan fingerprint density at radius 1 is 1.21 bits per heavy atom. The summed E-state index contributed by atoms with van der Waals surface area (Å²) in [6, 6.07) is 11.8. The first kappa shape index (κ1) is 14.0. The molecule has 98 valence electrons. The molecule has 0 fully saturated rings. The summed E-state index contributed by atoms with van der Waals surface area (Å²) >= 11 is 3.55. The predicted molar refractivity (Wildman–Crippen MR) is 80.9 cm³/mol. The van der Waals surface area contributed by atoms with Crippen molar-refractivity contribution in [2.75, 3.05) is 19.0 Å². The summed E-state index contributed by atoms with van der Waals surface area (Å²) in [7, 11) is 0. The number of hydrogen-bond donors (Lipinski definition) is 1. The molecule has 0 unspecified atom stereocenters. The van der Waals surface area contributed by atoms with E-state index in [1.165, 1.54) is 4.21 Å². The highest BCUT2D eigenvalue weighted by Gasteiger charge is 1.96. The second-order valence-corrected chi connectivity index (χ2v) is 5.96. The molecule has 0 aliphatic heterocycles. The van der Waals surface area contributed by atoms with Crippen LogP contribution in [0.3, 0.4) is 0 Å². The van der Waals surface area contributed by atoms with Gasteiger partial charge in [0, 0.05) is 11.3 Å². The second-order valence-electron chi connectivity index (χ2n) is 3.61. The van der Waals surface area contributed by atoms with E-state index in [0.717, 1.165) is 17.1 Å². The SMILES string of the molecule is OCC#Cc1ccc(OCCSc2cccs2)cc1. The van der Waals surface area contributed by atoms with Crippen LogP contribution in [0.15, 0.2) is 46.0 Å². The van der Waals surface area contributed by atoms with Crippen LogP contribution in [0.5, 0.6) is 5.75 Å². The molecule has 0 aliphatic rings. The number of aliphatic hydroxyl groups is 1. The molecule has 19 heavy (non-hydrogen) atoms. The smallest absolute Gasteiger partial charge is 0.119 e. The number of thioether (sulfide) groups is 1. The van der Waals surface area contributed by atoms with Gasteiger partial charge < -0.3 is 9.84 Å². The Balaban J connectivity index is 1.74. The minimum absolute atomic E-state index is 0.113. The number of benzene rings is 1. The van der Waals surface area contributed by atoms with Crippen molar-refractivity contribution in [3.8, 4) is 17.6 Å². The van der Waals surface area contributed by atoms with Crippen molar-refractivity contribution in [1.29, 1.82) is 0 Å². The zero-order chi connectivity index (χ0) is 13.3. The van der Waals surface area contributed by atoms with E-state index >= 15 is 0 Å². The molecular formula is C15H14O2S2. The first-order valence-electron chi connectivity index (χ1n) is 5.87. The molecule has 0 spiro atoms. The van der Waals surface area contributed by atoms with E-state index in [-0.39, 0.29) is 6.61 Å². The zero-order valence-corrected chi connectivity index (χ0v) is 12.0. The summed E-state index contributed by atoms with van der Waals surface area (Å²) in [6.07, 6.45) is 0. The highest BCUT2D eigenvalue weighted by molar-refractivity contribution is 8.01. The number of thiophene rings is 1. The standard InChI is InChI=1S/C15H14O2S2/c16-9-1-3-13-5-7-14(8-6-13)17-10-12-19-15-4-2-11-18-15/h2,4-8,11,16H,9-10,12H2. The van der Waals surface area contributed by atoms with Gasteiger partial charge >= 0.3 is 0 Å².